The van der Waals surface area contributed by atoms with E-state index in [2.05, 4.69) is 15.6 Å². The highest BCUT2D eigenvalue weighted by Gasteiger charge is 2.16. The molecule has 0 atom stereocenters. The van der Waals surface area contributed by atoms with Gasteiger partial charge >= 0.3 is 0 Å². The SMILES string of the molecule is CC.CC(=N)c1c(N)ccnc1NC1CCNCC1. The standard InChI is InChI=1S/C12H19N5.C2H6/c1-8(13)11-10(14)4-7-16-12(11)17-9-2-5-15-6-3-9;1-2/h4,7,9,13,15H,2-3,5-6H2,1H3,(H3,14,16,17);1-2H3. The number of anilines is 2. The fourth-order valence-corrected chi connectivity index (χ4v) is 2.14. The Morgan fingerprint density at radius 3 is 2.63 bits per heavy atom. The van der Waals surface area contributed by atoms with E-state index in [1.807, 2.05) is 13.8 Å². The summed E-state index contributed by atoms with van der Waals surface area (Å²) in [6.45, 7) is 7.79. The molecule has 0 unspecified atom stereocenters. The van der Waals surface area contributed by atoms with Gasteiger partial charge in [-0.25, -0.2) is 4.98 Å². The Hall–Kier alpha value is -1.62. The van der Waals surface area contributed by atoms with Crippen molar-refractivity contribution in [2.45, 2.75) is 39.7 Å². The first-order valence-corrected chi connectivity index (χ1v) is 6.95. The molecule has 19 heavy (non-hydrogen) atoms. The molecule has 0 aliphatic carbocycles. The van der Waals surface area contributed by atoms with Crippen LogP contribution in [0.5, 0.6) is 0 Å². The van der Waals surface area contributed by atoms with Crippen LogP contribution in [0.3, 0.4) is 0 Å². The zero-order valence-corrected chi connectivity index (χ0v) is 12.1. The highest BCUT2D eigenvalue weighted by atomic mass is 15.0. The molecule has 5 nitrogen and oxygen atoms in total. The lowest BCUT2D eigenvalue weighted by atomic mass is 10.1. The molecule has 2 heterocycles. The van der Waals surface area contributed by atoms with E-state index >= 15 is 0 Å². The Bertz CT molecular complexity index is 410. The number of hydrogen-bond acceptors (Lipinski definition) is 5. The lowest BCUT2D eigenvalue weighted by Gasteiger charge is -2.25. The van der Waals surface area contributed by atoms with E-state index in [0.717, 1.165) is 37.3 Å². The molecule has 1 fully saturated rings. The van der Waals surface area contributed by atoms with Gasteiger partial charge in [0.05, 0.1) is 5.56 Å². The number of rotatable bonds is 3. The molecule has 5 heteroatoms. The maximum atomic E-state index is 7.76. The second-order valence-electron chi connectivity index (χ2n) is 4.42. The van der Waals surface area contributed by atoms with Crippen molar-refractivity contribution in [3.63, 3.8) is 0 Å². The van der Waals surface area contributed by atoms with Crippen molar-refractivity contribution in [3.05, 3.63) is 17.8 Å². The summed E-state index contributed by atoms with van der Waals surface area (Å²) in [5, 5.41) is 14.5. The van der Waals surface area contributed by atoms with Crippen molar-refractivity contribution in [1.29, 1.82) is 5.41 Å². The third kappa shape index (κ3) is 4.21. The minimum Gasteiger partial charge on any atom is -0.398 e. The van der Waals surface area contributed by atoms with Gasteiger partial charge in [-0.2, -0.15) is 0 Å². The average molecular weight is 263 g/mol. The molecule has 0 aromatic carbocycles. The number of pyridine rings is 1. The third-order valence-corrected chi connectivity index (χ3v) is 3.04. The van der Waals surface area contributed by atoms with Crippen LogP contribution in [0.15, 0.2) is 12.3 Å². The molecule has 0 radical (unpaired) electrons. The minimum atomic E-state index is 0.420. The first-order valence-electron chi connectivity index (χ1n) is 6.95. The lowest BCUT2D eigenvalue weighted by Crippen LogP contribution is -2.35. The van der Waals surface area contributed by atoms with Crippen LogP contribution in [0.2, 0.25) is 0 Å². The van der Waals surface area contributed by atoms with Gasteiger partial charge in [0, 0.05) is 23.6 Å². The third-order valence-electron chi connectivity index (χ3n) is 3.04. The van der Waals surface area contributed by atoms with Crippen LogP contribution in [0.1, 0.15) is 39.2 Å². The zero-order valence-electron chi connectivity index (χ0n) is 12.1. The highest BCUT2D eigenvalue weighted by molar-refractivity contribution is 6.05. The molecular weight excluding hydrogens is 238 g/mol. The van der Waals surface area contributed by atoms with Crippen LogP contribution in [0.25, 0.3) is 0 Å². The second-order valence-corrected chi connectivity index (χ2v) is 4.42. The van der Waals surface area contributed by atoms with E-state index in [9.17, 15) is 0 Å². The van der Waals surface area contributed by atoms with Gasteiger partial charge in [0.1, 0.15) is 5.82 Å². The maximum absolute atomic E-state index is 7.76. The summed E-state index contributed by atoms with van der Waals surface area (Å²) < 4.78 is 0. The van der Waals surface area contributed by atoms with Crippen molar-refractivity contribution in [1.82, 2.24) is 10.3 Å². The maximum Gasteiger partial charge on any atom is 0.137 e. The van der Waals surface area contributed by atoms with E-state index in [0.29, 0.717) is 17.4 Å². The fraction of sp³-hybridized carbons (Fsp3) is 0.571. The summed E-state index contributed by atoms with van der Waals surface area (Å²) in [5.41, 5.74) is 7.69. The van der Waals surface area contributed by atoms with Crippen LogP contribution in [0.4, 0.5) is 11.5 Å². The largest absolute Gasteiger partial charge is 0.398 e. The molecule has 106 valence electrons. The van der Waals surface area contributed by atoms with Crippen molar-refractivity contribution < 1.29 is 0 Å². The van der Waals surface area contributed by atoms with Crippen molar-refractivity contribution in [2.75, 3.05) is 24.1 Å². The molecule has 0 saturated carbocycles. The molecule has 0 bridgehead atoms. The van der Waals surface area contributed by atoms with Gasteiger partial charge in [-0.1, -0.05) is 13.8 Å². The van der Waals surface area contributed by atoms with Gasteiger partial charge < -0.3 is 21.8 Å². The van der Waals surface area contributed by atoms with Gasteiger partial charge in [-0.15, -0.1) is 0 Å². The average Bonchev–Trinajstić information content (AvgIpc) is 2.42. The van der Waals surface area contributed by atoms with E-state index < -0.39 is 0 Å². The van der Waals surface area contributed by atoms with Gasteiger partial charge in [-0.05, 0) is 38.9 Å². The number of nitrogens with one attached hydrogen (secondary N) is 3. The molecule has 1 aromatic heterocycles. The predicted molar refractivity (Wildman–Crippen MR) is 82.0 cm³/mol. The van der Waals surface area contributed by atoms with Gasteiger partial charge in [0.25, 0.3) is 0 Å². The summed E-state index contributed by atoms with van der Waals surface area (Å²) in [6, 6.07) is 2.16. The summed E-state index contributed by atoms with van der Waals surface area (Å²) in [4.78, 5) is 4.30. The van der Waals surface area contributed by atoms with Gasteiger partial charge in [0.2, 0.25) is 0 Å². The Morgan fingerprint density at radius 2 is 2.05 bits per heavy atom. The number of hydrogen-bond donors (Lipinski definition) is 4. The van der Waals surface area contributed by atoms with Crippen LogP contribution >= 0.6 is 0 Å². The molecule has 5 N–H and O–H groups in total. The van der Waals surface area contributed by atoms with Gasteiger partial charge in [-0.3, -0.25) is 0 Å². The molecule has 1 aromatic rings. The molecule has 2 rings (SSSR count). The smallest absolute Gasteiger partial charge is 0.137 e. The number of piperidine rings is 1. The summed E-state index contributed by atoms with van der Waals surface area (Å²) in [6.07, 6.45) is 3.84. The number of nitrogen functional groups attached to an aromatic ring is 1. The van der Waals surface area contributed by atoms with Crippen LogP contribution in [-0.4, -0.2) is 29.8 Å². The molecule has 0 amide bonds. The van der Waals surface area contributed by atoms with E-state index in [1.165, 1.54) is 0 Å². The normalized spacial score (nSPS) is 15.3. The van der Waals surface area contributed by atoms with Crippen LogP contribution in [-0.2, 0) is 0 Å². The molecule has 1 aliphatic heterocycles. The van der Waals surface area contributed by atoms with E-state index in [4.69, 9.17) is 11.1 Å². The topological polar surface area (TPSA) is 86.8 Å². The van der Waals surface area contributed by atoms with Gasteiger partial charge in [0.15, 0.2) is 0 Å². The van der Waals surface area contributed by atoms with Crippen molar-refractivity contribution in [2.24, 2.45) is 0 Å². The summed E-state index contributed by atoms with van der Waals surface area (Å²) in [7, 11) is 0. The molecule has 1 aliphatic rings. The number of aromatic nitrogens is 1. The first-order chi connectivity index (χ1) is 9.18. The van der Waals surface area contributed by atoms with E-state index in [1.54, 1.807) is 19.2 Å². The predicted octanol–water partition coefficient (Wildman–Crippen LogP) is 2.24. The minimum absolute atomic E-state index is 0.420. The fourth-order valence-electron chi connectivity index (χ4n) is 2.14. The number of nitrogens with zero attached hydrogens (tertiary/aromatic N) is 1. The molecule has 0 spiro atoms. The lowest BCUT2D eigenvalue weighted by molar-refractivity contribution is 0.478. The highest BCUT2D eigenvalue weighted by Crippen LogP contribution is 2.21. The molecule has 1 saturated heterocycles. The quantitative estimate of drug-likeness (QED) is 0.630. The van der Waals surface area contributed by atoms with Crippen LogP contribution in [0, 0.1) is 5.41 Å². The zero-order chi connectivity index (χ0) is 14.3. The Morgan fingerprint density at radius 1 is 1.42 bits per heavy atom. The second kappa shape index (κ2) is 7.74. The van der Waals surface area contributed by atoms with Crippen molar-refractivity contribution in [3.8, 4) is 0 Å². The summed E-state index contributed by atoms with van der Waals surface area (Å²) in [5.74, 6) is 0.740. The number of nitrogens with two attached hydrogens (primary N) is 1. The first kappa shape index (κ1) is 15.4. The monoisotopic (exact) mass is 263 g/mol. The Labute approximate surface area is 115 Å². The molecular formula is C14H25N5. The summed E-state index contributed by atoms with van der Waals surface area (Å²) >= 11 is 0. The van der Waals surface area contributed by atoms with Crippen molar-refractivity contribution >= 4 is 17.2 Å². The van der Waals surface area contributed by atoms with Crippen LogP contribution < -0.4 is 16.4 Å². The Kier molecular flexibility index (Phi) is 6.29. The van der Waals surface area contributed by atoms with E-state index in [-0.39, 0.29) is 0 Å². The Balaban J connectivity index is 0.000000861.